The zero-order chi connectivity index (χ0) is 17.1. The molecule has 0 amide bonds. The Bertz CT molecular complexity index is 928. The van der Waals surface area contributed by atoms with Crippen LogP contribution in [-0.4, -0.2) is 25.0 Å². The van der Waals surface area contributed by atoms with Gasteiger partial charge in [0, 0.05) is 39.3 Å². The van der Waals surface area contributed by atoms with Crippen molar-refractivity contribution in [3.05, 3.63) is 64.8 Å². The van der Waals surface area contributed by atoms with Crippen molar-refractivity contribution in [1.82, 2.24) is 4.98 Å². The fraction of sp³-hybridized carbons (Fsp3) is 0.105. The molecule has 4 nitrogen and oxygen atoms in total. The number of hydrogen-bond donors (Lipinski definition) is 1. The Morgan fingerprint density at radius 1 is 1.12 bits per heavy atom. The highest BCUT2D eigenvalue weighted by molar-refractivity contribution is 6.31. The van der Waals surface area contributed by atoms with Crippen molar-refractivity contribution in [2.24, 2.45) is 0 Å². The highest BCUT2D eigenvalue weighted by Crippen LogP contribution is 2.26. The molecule has 0 radical (unpaired) electrons. The van der Waals surface area contributed by atoms with E-state index < -0.39 is 0 Å². The average Bonchev–Trinajstić information content (AvgIpc) is 3.02. The number of carbonyl (C=O) groups is 1. The summed E-state index contributed by atoms with van der Waals surface area (Å²) < 4.78 is 10.5. The van der Waals surface area contributed by atoms with Gasteiger partial charge in [0.05, 0.1) is 14.2 Å². The van der Waals surface area contributed by atoms with Gasteiger partial charge in [-0.05, 0) is 36.4 Å². The summed E-state index contributed by atoms with van der Waals surface area (Å²) in [5, 5.41) is 1.47. The SMILES string of the molecule is COc1ccc(C=CC(=O)c2c[nH]c3cc(Cl)ccc23)c(OC)c1. The molecule has 1 heterocycles. The van der Waals surface area contributed by atoms with Gasteiger partial charge in [-0.3, -0.25) is 4.79 Å². The predicted molar refractivity (Wildman–Crippen MR) is 96.2 cm³/mol. The molecule has 0 bridgehead atoms. The number of aromatic amines is 1. The number of allylic oxidation sites excluding steroid dienone is 1. The molecular weight excluding hydrogens is 326 g/mol. The molecule has 2 aromatic carbocycles. The zero-order valence-corrected chi connectivity index (χ0v) is 14.1. The quantitative estimate of drug-likeness (QED) is 0.539. The van der Waals surface area contributed by atoms with Gasteiger partial charge in [0.2, 0.25) is 0 Å². The van der Waals surface area contributed by atoms with Crippen LogP contribution in [0.1, 0.15) is 15.9 Å². The summed E-state index contributed by atoms with van der Waals surface area (Å²) >= 11 is 5.96. The largest absolute Gasteiger partial charge is 0.497 e. The lowest BCUT2D eigenvalue weighted by molar-refractivity contribution is 0.104. The Morgan fingerprint density at radius 2 is 1.96 bits per heavy atom. The summed E-state index contributed by atoms with van der Waals surface area (Å²) in [7, 11) is 3.18. The molecule has 5 heteroatoms. The first kappa shape index (κ1) is 16.1. The highest BCUT2D eigenvalue weighted by atomic mass is 35.5. The lowest BCUT2D eigenvalue weighted by Crippen LogP contribution is -1.93. The maximum Gasteiger partial charge on any atom is 0.188 e. The van der Waals surface area contributed by atoms with Crippen molar-refractivity contribution in [3.8, 4) is 11.5 Å². The molecule has 122 valence electrons. The topological polar surface area (TPSA) is 51.3 Å². The van der Waals surface area contributed by atoms with Crippen LogP contribution < -0.4 is 9.47 Å². The van der Waals surface area contributed by atoms with Gasteiger partial charge in [-0.15, -0.1) is 0 Å². The number of fused-ring (bicyclic) bond motifs is 1. The Kier molecular flexibility index (Phi) is 4.58. The maximum absolute atomic E-state index is 12.5. The van der Waals surface area contributed by atoms with E-state index in [-0.39, 0.29) is 5.78 Å². The highest BCUT2D eigenvalue weighted by Gasteiger charge is 2.10. The number of ketones is 1. The second-order valence-electron chi connectivity index (χ2n) is 5.20. The third-order valence-corrected chi connectivity index (χ3v) is 4.00. The summed E-state index contributed by atoms with van der Waals surface area (Å²) in [6, 6.07) is 10.8. The van der Waals surface area contributed by atoms with E-state index in [1.807, 2.05) is 18.2 Å². The third-order valence-electron chi connectivity index (χ3n) is 3.76. The summed E-state index contributed by atoms with van der Waals surface area (Å²) in [4.78, 5) is 15.6. The summed E-state index contributed by atoms with van der Waals surface area (Å²) in [5.74, 6) is 1.24. The second kappa shape index (κ2) is 6.81. The molecule has 1 N–H and O–H groups in total. The van der Waals surface area contributed by atoms with Crippen LogP contribution in [0, 0.1) is 0 Å². The number of rotatable bonds is 5. The van der Waals surface area contributed by atoms with Crippen molar-refractivity contribution >= 4 is 34.4 Å². The van der Waals surface area contributed by atoms with Gasteiger partial charge in [0.1, 0.15) is 11.5 Å². The molecule has 0 aliphatic carbocycles. The molecule has 24 heavy (non-hydrogen) atoms. The number of H-pyrrole nitrogens is 1. The van der Waals surface area contributed by atoms with Gasteiger partial charge >= 0.3 is 0 Å². The molecule has 0 saturated heterocycles. The standard InChI is InChI=1S/C19H16ClNO3/c1-23-14-6-3-12(19(10-14)24-2)4-8-18(22)16-11-21-17-9-13(20)5-7-15(16)17/h3-11,21H,1-2H3. The summed E-state index contributed by atoms with van der Waals surface area (Å²) in [6.07, 6.45) is 4.95. The van der Waals surface area contributed by atoms with Gasteiger partial charge in [-0.2, -0.15) is 0 Å². The first-order valence-corrected chi connectivity index (χ1v) is 7.71. The summed E-state index contributed by atoms with van der Waals surface area (Å²) in [5.41, 5.74) is 2.24. The van der Waals surface area contributed by atoms with Crippen molar-refractivity contribution in [2.75, 3.05) is 14.2 Å². The minimum Gasteiger partial charge on any atom is -0.497 e. The van der Waals surface area contributed by atoms with Crippen molar-refractivity contribution in [3.63, 3.8) is 0 Å². The summed E-state index contributed by atoms with van der Waals surface area (Å²) in [6.45, 7) is 0. The zero-order valence-electron chi connectivity index (χ0n) is 13.3. The molecule has 1 aromatic heterocycles. The van der Waals surface area contributed by atoms with Gasteiger partial charge in [-0.25, -0.2) is 0 Å². The Hall–Kier alpha value is -2.72. The Labute approximate surface area is 144 Å². The Morgan fingerprint density at radius 3 is 2.71 bits per heavy atom. The van der Waals surface area contributed by atoms with E-state index in [1.54, 1.807) is 44.7 Å². The van der Waals surface area contributed by atoms with E-state index >= 15 is 0 Å². The number of nitrogens with one attached hydrogen (secondary N) is 1. The second-order valence-corrected chi connectivity index (χ2v) is 5.63. The molecule has 0 aliphatic rings. The normalized spacial score (nSPS) is 11.1. The van der Waals surface area contributed by atoms with Crippen LogP contribution in [0.2, 0.25) is 5.02 Å². The number of ether oxygens (including phenoxy) is 2. The van der Waals surface area contributed by atoms with E-state index in [0.29, 0.717) is 22.1 Å². The van der Waals surface area contributed by atoms with E-state index in [4.69, 9.17) is 21.1 Å². The molecule has 0 spiro atoms. The molecule has 0 unspecified atom stereocenters. The van der Waals surface area contributed by atoms with Gasteiger partial charge < -0.3 is 14.5 Å². The van der Waals surface area contributed by atoms with Gasteiger partial charge in [0.15, 0.2) is 5.78 Å². The van der Waals surface area contributed by atoms with E-state index in [9.17, 15) is 4.79 Å². The van der Waals surface area contributed by atoms with Crippen LogP contribution in [0.3, 0.4) is 0 Å². The molecule has 0 atom stereocenters. The van der Waals surface area contributed by atoms with Gasteiger partial charge in [-0.1, -0.05) is 17.7 Å². The molecule has 0 saturated carbocycles. The van der Waals surface area contributed by atoms with Crippen molar-refractivity contribution < 1.29 is 14.3 Å². The minimum atomic E-state index is -0.0959. The minimum absolute atomic E-state index is 0.0959. The number of halogens is 1. The number of benzene rings is 2. The van der Waals surface area contributed by atoms with Crippen LogP contribution in [0.4, 0.5) is 0 Å². The number of hydrogen-bond acceptors (Lipinski definition) is 3. The fourth-order valence-corrected chi connectivity index (χ4v) is 2.69. The first-order chi connectivity index (χ1) is 11.6. The van der Waals surface area contributed by atoms with Crippen LogP contribution in [0.5, 0.6) is 11.5 Å². The average molecular weight is 342 g/mol. The molecule has 0 aliphatic heterocycles. The Balaban J connectivity index is 1.90. The third kappa shape index (κ3) is 3.14. The maximum atomic E-state index is 12.5. The van der Waals surface area contributed by atoms with Crippen LogP contribution in [-0.2, 0) is 0 Å². The fourth-order valence-electron chi connectivity index (χ4n) is 2.51. The lowest BCUT2D eigenvalue weighted by Gasteiger charge is -2.07. The number of carbonyl (C=O) groups excluding carboxylic acids is 1. The van der Waals surface area contributed by atoms with E-state index in [1.165, 1.54) is 6.08 Å². The van der Waals surface area contributed by atoms with Crippen LogP contribution >= 0.6 is 11.6 Å². The van der Waals surface area contributed by atoms with Crippen LogP contribution in [0.25, 0.3) is 17.0 Å². The van der Waals surface area contributed by atoms with Crippen molar-refractivity contribution in [2.45, 2.75) is 0 Å². The van der Waals surface area contributed by atoms with E-state index in [2.05, 4.69) is 4.98 Å². The number of methoxy groups -OCH3 is 2. The monoisotopic (exact) mass is 341 g/mol. The van der Waals surface area contributed by atoms with Crippen LogP contribution in [0.15, 0.2) is 48.7 Å². The van der Waals surface area contributed by atoms with E-state index in [0.717, 1.165) is 16.5 Å². The van der Waals surface area contributed by atoms with Gasteiger partial charge in [0.25, 0.3) is 0 Å². The lowest BCUT2D eigenvalue weighted by atomic mass is 10.1. The molecule has 3 rings (SSSR count). The smallest absolute Gasteiger partial charge is 0.188 e. The van der Waals surface area contributed by atoms with Crippen molar-refractivity contribution in [1.29, 1.82) is 0 Å². The first-order valence-electron chi connectivity index (χ1n) is 7.33. The predicted octanol–water partition coefficient (Wildman–Crippen LogP) is 4.73. The molecule has 3 aromatic rings. The number of aromatic nitrogens is 1. The molecule has 0 fully saturated rings. The molecular formula is C19H16ClNO3.